The number of H-pyrrole nitrogens is 1. The summed E-state index contributed by atoms with van der Waals surface area (Å²) in [6.45, 7) is 8.80. The molecule has 2 aromatic carbocycles. The first-order valence-corrected chi connectivity index (χ1v) is 8.61. The van der Waals surface area contributed by atoms with E-state index in [2.05, 4.69) is 78.9 Å². The molecule has 24 heavy (non-hydrogen) atoms. The van der Waals surface area contributed by atoms with Crippen LogP contribution in [0.25, 0.3) is 11.4 Å². The van der Waals surface area contributed by atoms with Crippen molar-refractivity contribution >= 4 is 12.2 Å². The highest BCUT2D eigenvalue weighted by molar-refractivity contribution is 7.71. The van der Waals surface area contributed by atoms with E-state index < -0.39 is 0 Å². The molecule has 0 bridgehead atoms. The lowest BCUT2D eigenvalue weighted by Gasteiger charge is -2.20. The van der Waals surface area contributed by atoms with Crippen LogP contribution in [0.4, 0.5) is 0 Å². The van der Waals surface area contributed by atoms with E-state index in [-0.39, 0.29) is 11.5 Å². The fourth-order valence-electron chi connectivity index (χ4n) is 2.87. The van der Waals surface area contributed by atoms with E-state index in [1.165, 1.54) is 11.1 Å². The maximum Gasteiger partial charge on any atom is 0.196 e. The van der Waals surface area contributed by atoms with Gasteiger partial charge in [0.25, 0.3) is 0 Å². The largest absolute Gasteiger partial charge is 0.293 e. The summed E-state index contributed by atoms with van der Waals surface area (Å²) in [4.78, 5) is 0. The average molecular weight is 337 g/mol. The molecule has 0 unspecified atom stereocenters. The molecule has 3 nitrogen and oxygen atoms in total. The van der Waals surface area contributed by atoms with E-state index in [4.69, 9.17) is 12.2 Å². The number of aromatic amines is 1. The Bertz CT molecular complexity index is 868. The van der Waals surface area contributed by atoms with Gasteiger partial charge in [0.05, 0.1) is 6.04 Å². The van der Waals surface area contributed by atoms with Crippen molar-refractivity contribution in [1.82, 2.24) is 14.8 Å². The minimum absolute atomic E-state index is 0.120. The van der Waals surface area contributed by atoms with Gasteiger partial charge in [-0.1, -0.05) is 75.4 Å². The van der Waals surface area contributed by atoms with E-state index >= 15 is 0 Å². The number of rotatable bonds is 3. The van der Waals surface area contributed by atoms with Crippen LogP contribution in [0.5, 0.6) is 0 Å². The SMILES string of the molecule is C[C@@H](c1ccccc1)n1c(-c2ccc(C(C)(C)C)cc2)n[nH]c1=S. The molecule has 1 N–H and O–H groups in total. The molecule has 0 saturated heterocycles. The van der Waals surface area contributed by atoms with Gasteiger partial charge < -0.3 is 0 Å². The molecule has 4 heteroatoms. The molecule has 0 radical (unpaired) electrons. The van der Waals surface area contributed by atoms with E-state index in [0.29, 0.717) is 4.77 Å². The van der Waals surface area contributed by atoms with Crippen molar-refractivity contribution in [3.63, 3.8) is 0 Å². The van der Waals surface area contributed by atoms with Crippen molar-refractivity contribution < 1.29 is 0 Å². The number of benzene rings is 2. The quantitative estimate of drug-likeness (QED) is 0.639. The maximum absolute atomic E-state index is 5.48. The van der Waals surface area contributed by atoms with Gasteiger partial charge in [-0.2, -0.15) is 5.10 Å². The third-order valence-electron chi connectivity index (χ3n) is 4.38. The number of nitrogens with one attached hydrogen (secondary N) is 1. The zero-order valence-electron chi connectivity index (χ0n) is 14.6. The second-order valence-corrected chi connectivity index (χ2v) is 7.52. The zero-order chi connectivity index (χ0) is 17.3. The first-order valence-electron chi connectivity index (χ1n) is 8.20. The van der Waals surface area contributed by atoms with E-state index in [9.17, 15) is 0 Å². The first-order chi connectivity index (χ1) is 11.4. The van der Waals surface area contributed by atoms with Gasteiger partial charge in [0.15, 0.2) is 10.6 Å². The Hall–Kier alpha value is -2.20. The lowest BCUT2D eigenvalue weighted by Crippen LogP contribution is -2.11. The Kier molecular flexibility index (Phi) is 4.41. The number of hydrogen-bond donors (Lipinski definition) is 1. The van der Waals surface area contributed by atoms with Crippen molar-refractivity contribution in [3.05, 3.63) is 70.5 Å². The molecule has 0 spiro atoms. The molecule has 1 atom stereocenters. The highest BCUT2D eigenvalue weighted by atomic mass is 32.1. The summed E-state index contributed by atoms with van der Waals surface area (Å²) >= 11 is 5.48. The summed E-state index contributed by atoms with van der Waals surface area (Å²) < 4.78 is 2.72. The number of nitrogens with zero attached hydrogens (tertiary/aromatic N) is 2. The topological polar surface area (TPSA) is 33.6 Å². The first kappa shape index (κ1) is 16.7. The van der Waals surface area contributed by atoms with E-state index in [0.717, 1.165) is 11.4 Å². The van der Waals surface area contributed by atoms with Gasteiger partial charge in [0.1, 0.15) is 0 Å². The predicted octanol–water partition coefficient (Wildman–Crippen LogP) is 5.51. The minimum Gasteiger partial charge on any atom is -0.293 e. The van der Waals surface area contributed by atoms with Crippen molar-refractivity contribution in [1.29, 1.82) is 0 Å². The van der Waals surface area contributed by atoms with Crippen molar-refractivity contribution in [2.75, 3.05) is 0 Å². The average Bonchev–Trinajstić information content (AvgIpc) is 2.96. The summed E-state index contributed by atoms with van der Waals surface area (Å²) in [5, 5.41) is 7.42. The Labute approximate surface area is 148 Å². The van der Waals surface area contributed by atoms with Crippen LogP contribution in [0.1, 0.15) is 44.9 Å². The highest BCUT2D eigenvalue weighted by Gasteiger charge is 2.17. The molecular weight excluding hydrogens is 314 g/mol. The fourth-order valence-corrected chi connectivity index (χ4v) is 3.16. The lowest BCUT2D eigenvalue weighted by molar-refractivity contribution is 0.590. The molecule has 3 aromatic rings. The Morgan fingerprint density at radius 3 is 2.21 bits per heavy atom. The number of aromatic nitrogens is 3. The van der Waals surface area contributed by atoms with E-state index in [1.54, 1.807) is 0 Å². The summed E-state index contributed by atoms with van der Waals surface area (Å²) in [7, 11) is 0. The molecular formula is C20H23N3S. The third kappa shape index (κ3) is 3.20. The van der Waals surface area contributed by atoms with Gasteiger partial charge in [0, 0.05) is 5.56 Å². The van der Waals surface area contributed by atoms with Gasteiger partial charge in [-0.25, -0.2) is 0 Å². The molecule has 0 aliphatic rings. The van der Waals surface area contributed by atoms with Crippen molar-refractivity contribution in [2.24, 2.45) is 0 Å². The summed E-state index contributed by atoms with van der Waals surface area (Å²) in [6, 6.07) is 19.1. The molecule has 1 heterocycles. The Morgan fingerprint density at radius 2 is 1.62 bits per heavy atom. The summed E-state index contributed by atoms with van der Waals surface area (Å²) in [6.07, 6.45) is 0. The van der Waals surface area contributed by atoms with Gasteiger partial charge in [0.2, 0.25) is 0 Å². The van der Waals surface area contributed by atoms with Crippen LogP contribution in [-0.4, -0.2) is 14.8 Å². The fraction of sp³-hybridized carbons (Fsp3) is 0.300. The molecule has 0 aliphatic heterocycles. The Morgan fingerprint density at radius 1 is 1.00 bits per heavy atom. The van der Waals surface area contributed by atoms with Gasteiger partial charge in [-0.15, -0.1) is 0 Å². The molecule has 0 amide bonds. The van der Waals surface area contributed by atoms with Gasteiger partial charge in [-0.3, -0.25) is 9.67 Å². The van der Waals surface area contributed by atoms with Crippen LogP contribution in [0.3, 0.4) is 0 Å². The van der Waals surface area contributed by atoms with Crippen molar-refractivity contribution in [2.45, 2.75) is 39.2 Å². The van der Waals surface area contributed by atoms with Crippen LogP contribution < -0.4 is 0 Å². The van der Waals surface area contributed by atoms with Crippen LogP contribution in [-0.2, 0) is 5.41 Å². The summed E-state index contributed by atoms with van der Waals surface area (Å²) in [5.74, 6) is 0.872. The highest BCUT2D eigenvalue weighted by Crippen LogP contribution is 2.28. The normalized spacial score (nSPS) is 13.0. The van der Waals surface area contributed by atoms with Crippen molar-refractivity contribution in [3.8, 4) is 11.4 Å². The molecule has 124 valence electrons. The van der Waals surface area contributed by atoms with E-state index in [1.807, 2.05) is 18.2 Å². The predicted molar refractivity (Wildman–Crippen MR) is 102 cm³/mol. The molecule has 1 aromatic heterocycles. The third-order valence-corrected chi connectivity index (χ3v) is 4.67. The molecule has 0 aliphatic carbocycles. The smallest absolute Gasteiger partial charge is 0.196 e. The summed E-state index contributed by atoms with van der Waals surface area (Å²) in [5.41, 5.74) is 3.73. The second kappa shape index (κ2) is 6.36. The second-order valence-electron chi connectivity index (χ2n) is 7.14. The molecule has 0 saturated carbocycles. The minimum atomic E-state index is 0.120. The Balaban J connectivity index is 2.03. The van der Waals surface area contributed by atoms with Crippen LogP contribution in [0.15, 0.2) is 54.6 Å². The van der Waals surface area contributed by atoms with Crippen LogP contribution in [0.2, 0.25) is 0 Å². The van der Waals surface area contributed by atoms with Gasteiger partial charge in [-0.05, 0) is 35.7 Å². The zero-order valence-corrected chi connectivity index (χ0v) is 15.4. The lowest BCUT2D eigenvalue weighted by atomic mass is 9.86. The molecule has 3 rings (SSSR count). The standard InChI is InChI=1S/C20H23N3S/c1-14(15-8-6-5-7-9-15)23-18(21-22-19(23)24)16-10-12-17(13-11-16)20(2,3)4/h5-14H,1-4H3,(H,22,24)/t14-/m0/s1. The van der Waals surface area contributed by atoms with Crippen LogP contribution in [0, 0.1) is 4.77 Å². The van der Waals surface area contributed by atoms with Gasteiger partial charge >= 0.3 is 0 Å². The van der Waals surface area contributed by atoms with Crippen LogP contribution >= 0.6 is 12.2 Å². The monoisotopic (exact) mass is 337 g/mol. The maximum atomic E-state index is 5.48. The number of hydrogen-bond acceptors (Lipinski definition) is 2. The molecule has 0 fully saturated rings.